The molecule has 152 valence electrons. The van der Waals surface area contributed by atoms with Crippen molar-refractivity contribution in [1.82, 2.24) is 9.88 Å². The van der Waals surface area contributed by atoms with Crippen LogP contribution in [0.1, 0.15) is 10.4 Å². The number of aromatic nitrogens is 1. The first-order chi connectivity index (χ1) is 13.8. The molecule has 0 radical (unpaired) electrons. The smallest absolute Gasteiger partial charge is 0.258 e. The summed E-state index contributed by atoms with van der Waals surface area (Å²) in [6, 6.07) is 9.27. The van der Waals surface area contributed by atoms with Crippen LogP contribution in [0.15, 0.2) is 41.3 Å². The van der Waals surface area contributed by atoms with Crippen LogP contribution < -0.4 is 4.90 Å². The lowest BCUT2D eigenvalue weighted by Crippen LogP contribution is -2.49. The van der Waals surface area contributed by atoms with Crippen molar-refractivity contribution in [2.45, 2.75) is 4.90 Å². The van der Waals surface area contributed by atoms with Crippen molar-refractivity contribution in [3.63, 3.8) is 0 Å². The molecule has 0 unspecified atom stereocenters. The lowest BCUT2D eigenvalue weighted by atomic mass is 10.1. The van der Waals surface area contributed by atoms with E-state index in [1.807, 2.05) is 11.0 Å². The maximum atomic E-state index is 14.1. The van der Waals surface area contributed by atoms with Gasteiger partial charge in [0, 0.05) is 32.4 Å². The molecule has 1 amide bonds. The Bertz CT molecular complexity index is 1180. The van der Waals surface area contributed by atoms with Crippen molar-refractivity contribution in [1.29, 1.82) is 0 Å². The number of halogens is 2. The summed E-state index contributed by atoms with van der Waals surface area (Å²) in [6.07, 6.45) is 1.17. The summed E-state index contributed by atoms with van der Waals surface area (Å²) < 4.78 is 38.9. The molecule has 0 atom stereocenters. The van der Waals surface area contributed by atoms with E-state index in [1.165, 1.54) is 35.8 Å². The van der Waals surface area contributed by atoms with Crippen LogP contribution in [-0.4, -0.2) is 56.6 Å². The highest BCUT2D eigenvalue weighted by Crippen LogP contribution is 2.33. The van der Waals surface area contributed by atoms with Gasteiger partial charge < -0.3 is 9.80 Å². The molecule has 0 N–H and O–H groups in total. The molecule has 29 heavy (non-hydrogen) atoms. The molecule has 2 heterocycles. The predicted octanol–water partition coefficient (Wildman–Crippen LogP) is 3.45. The second-order valence-corrected chi connectivity index (χ2v) is 10.1. The molecule has 2 aromatic carbocycles. The van der Waals surface area contributed by atoms with E-state index in [-0.39, 0.29) is 15.5 Å². The number of hydrogen-bond donors (Lipinski definition) is 0. The first-order valence-electron chi connectivity index (χ1n) is 8.83. The summed E-state index contributed by atoms with van der Waals surface area (Å²) in [5.41, 5.74) is 0.354. The van der Waals surface area contributed by atoms with Gasteiger partial charge in [0.15, 0.2) is 15.0 Å². The number of benzene rings is 2. The van der Waals surface area contributed by atoms with Crippen molar-refractivity contribution >= 4 is 54.0 Å². The predicted molar refractivity (Wildman–Crippen MR) is 112 cm³/mol. The van der Waals surface area contributed by atoms with Crippen LogP contribution in [0.4, 0.5) is 9.52 Å². The van der Waals surface area contributed by atoms with E-state index in [2.05, 4.69) is 4.98 Å². The van der Waals surface area contributed by atoms with E-state index in [0.717, 1.165) is 4.70 Å². The molecule has 6 nitrogen and oxygen atoms in total. The molecule has 0 spiro atoms. The highest BCUT2D eigenvalue weighted by Gasteiger charge is 2.27. The average Bonchev–Trinajstić information content (AvgIpc) is 3.11. The van der Waals surface area contributed by atoms with Crippen LogP contribution in [0, 0.1) is 5.82 Å². The van der Waals surface area contributed by atoms with Crippen LogP contribution in [0.5, 0.6) is 0 Å². The fraction of sp³-hybridized carbons (Fsp3) is 0.263. The SMILES string of the molecule is CS(=O)(=O)c1cccc2sc(N3CCN(C(=O)c4c(F)cccc4Cl)CC3)nc12. The van der Waals surface area contributed by atoms with Gasteiger partial charge in [-0.1, -0.05) is 35.1 Å². The van der Waals surface area contributed by atoms with Crippen LogP contribution in [-0.2, 0) is 9.84 Å². The van der Waals surface area contributed by atoms with E-state index >= 15 is 0 Å². The minimum atomic E-state index is -3.38. The normalized spacial score (nSPS) is 15.1. The molecule has 10 heteroatoms. The average molecular weight is 454 g/mol. The Morgan fingerprint density at radius 1 is 1.14 bits per heavy atom. The maximum Gasteiger partial charge on any atom is 0.258 e. The molecule has 4 rings (SSSR count). The number of piperazine rings is 1. The highest BCUT2D eigenvalue weighted by molar-refractivity contribution is 7.91. The van der Waals surface area contributed by atoms with E-state index in [1.54, 1.807) is 17.0 Å². The van der Waals surface area contributed by atoms with E-state index in [9.17, 15) is 17.6 Å². The van der Waals surface area contributed by atoms with Crippen LogP contribution in [0.2, 0.25) is 5.02 Å². The third-order valence-corrected chi connectivity index (χ3v) is 7.31. The van der Waals surface area contributed by atoms with E-state index in [0.29, 0.717) is 36.8 Å². The number of rotatable bonds is 3. The summed E-state index contributed by atoms with van der Waals surface area (Å²) in [5, 5.41) is 0.795. The number of hydrogen-bond acceptors (Lipinski definition) is 6. The Kier molecular flexibility index (Phi) is 5.22. The molecule has 1 aromatic heterocycles. The van der Waals surface area contributed by atoms with Gasteiger partial charge in [0.1, 0.15) is 11.3 Å². The summed E-state index contributed by atoms with van der Waals surface area (Å²) in [5.74, 6) is -1.07. The van der Waals surface area contributed by atoms with Crippen molar-refractivity contribution < 1.29 is 17.6 Å². The van der Waals surface area contributed by atoms with Crippen LogP contribution in [0.25, 0.3) is 10.2 Å². The molecule has 1 aliphatic heterocycles. The third kappa shape index (κ3) is 3.82. The van der Waals surface area contributed by atoms with Crippen molar-refractivity contribution in [2.24, 2.45) is 0 Å². The summed E-state index contributed by atoms with van der Waals surface area (Å²) >= 11 is 7.42. The van der Waals surface area contributed by atoms with Gasteiger partial charge in [-0.25, -0.2) is 17.8 Å². The van der Waals surface area contributed by atoms with Gasteiger partial charge in [-0.15, -0.1) is 0 Å². The van der Waals surface area contributed by atoms with Gasteiger partial charge >= 0.3 is 0 Å². The summed E-state index contributed by atoms with van der Waals surface area (Å²) in [4.78, 5) is 21.0. The van der Waals surface area contributed by atoms with Gasteiger partial charge in [0.05, 0.1) is 20.2 Å². The Morgan fingerprint density at radius 2 is 1.83 bits per heavy atom. The molecule has 3 aromatic rings. The quantitative estimate of drug-likeness (QED) is 0.607. The van der Waals surface area contributed by atoms with E-state index in [4.69, 9.17) is 11.6 Å². The first-order valence-corrected chi connectivity index (χ1v) is 11.9. The standard InChI is InChI=1S/C19H17ClFN3O3S2/c1-29(26,27)15-7-3-6-14-17(15)22-19(28-14)24-10-8-23(9-11-24)18(25)16-12(20)4-2-5-13(16)21/h2-7H,8-11H2,1H3. The maximum absolute atomic E-state index is 14.1. The Morgan fingerprint density at radius 3 is 2.48 bits per heavy atom. The number of carbonyl (C=O) groups is 1. The van der Waals surface area contributed by atoms with Gasteiger partial charge in [-0.2, -0.15) is 0 Å². The zero-order valence-electron chi connectivity index (χ0n) is 15.4. The zero-order valence-corrected chi connectivity index (χ0v) is 17.8. The molecule has 0 saturated carbocycles. The van der Waals surface area contributed by atoms with Crippen LogP contribution in [0.3, 0.4) is 0 Å². The van der Waals surface area contributed by atoms with Gasteiger partial charge in [-0.3, -0.25) is 4.79 Å². The molecular formula is C19H17ClFN3O3S2. The molecule has 0 aliphatic carbocycles. The molecular weight excluding hydrogens is 437 g/mol. The number of para-hydroxylation sites is 1. The van der Waals surface area contributed by atoms with Crippen molar-refractivity contribution in [3.8, 4) is 0 Å². The Labute approximate surface area is 176 Å². The summed E-state index contributed by atoms with van der Waals surface area (Å²) in [7, 11) is -3.38. The highest BCUT2D eigenvalue weighted by atomic mass is 35.5. The zero-order chi connectivity index (χ0) is 20.8. The number of carbonyl (C=O) groups excluding carboxylic acids is 1. The third-order valence-electron chi connectivity index (χ3n) is 4.78. The minimum absolute atomic E-state index is 0.0944. The van der Waals surface area contributed by atoms with Crippen LogP contribution >= 0.6 is 22.9 Å². The second-order valence-electron chi connectivity index (χ2n) is 6.75. The van der Waals surface area contributed by atoms with Crippen molar-refractivity contribution in [2.75, 3.05) is 37.3 Å². The molecule has 0 bridgehead atoms. The minimum Gasteiger partial charge on any atom is -0.345 e. The Balaban J connectivity index is 1.54. The van der Waals surface area contributed by atoms with Gasteiger partial charge in [0.25, 0.3) is 5.91 Å². The monoisotopic (exact) mass is 453 g/mol. The molecule has 1 aliphatic rings. The number of thiazole rings is 1. The topological polar surface area (TPSA) is 70.6 Å². The fourth-order valence-electron chi connectivity index (χ4n) is 3.31. The molecule has 1 fully saturated rings. The molecule has 1 saturated heterocycles. The number of nitrogens with zero attached hydrogens (tertiary/aromatic N) is 3. The first kappa shape index (κ1) is 20.1. The Hall–Kier alpha value is -2.23. The second kappa shape index (κ2) is 7.55. The fourth-order valence-corrected chi connectivity index (χ4v) is 5.49. The largest absolute Gasteiger partial charge is 0.345 e. The number of fused-ring (bicyclic) bond motifs is 1. The summed E-state index contributed by atoms with van der Waals surface area (Å²) in [6.45, 7) is 1.79. The van der Waals surface area contributed by atoms with Gasteiger partial charge in [0.2, 0.25) is 0 Å². The number of anilines is 1. The number of amides is 1. The lowest BCUT2D eigenvalue weighted by Gasteiger charge is -2.34. The lowest BCUT2D eigenvalue weighted by molar-refractivity contribution is 0.0742. The van der Waals surface area contributed by atoms with E-state index < -0.39 is 21.6 Å². The van der Waals surface area contributed by atoms with Gasteiger partial charge in [-0.05, 0) is 24.3 Å². The number of sulfone groups is 1. The van der Waals surface area contributed by atoms with Crippen molar-refractivity contribution in [3.05, 3.63) is 52.8 Å².